The van der Waals surface area contributed by atoms with Crippen LogP contribution < -0.4 is 0 Å². The molecule has 0 saturated carbocycles. The standard InChI is InChI=1S/C23H31FN2O7S/c1-3-32-22(28)17-8-12-25(13-9-17)21(27)16(2)33-23(29)18-10-14-26(15-11-18)34(30,31)20-7-5-4-6-19(20)24/h4-7,16-18H,3,8-15H2,1-2H3. The number of nitrogens with zero attached hydrogens (tertiary/aromatic N) is 2. The first-order valence-electron chi connectivity index (χ1n) is 11.6. The molecule has 0 bridgehead atoms. The maximum Gasteiger partial charge on any atom is 0.309 e. The minimum absolute atomic E-state index is 0.0557. The lowest BCUT2D eigenvalue weighted by Gasteiger charge is -2.33. The highest BCUT2D eigenvalue weighted by atomic mass is 32.2. The molecule has 1 aromatic rings. The number of sulfonamides is 1. The van der Waals surface area contributed by atoms with Crippen molar-refractivity contribution >= 4 is 27.9 Å². The average molecular weight is 499 g/mol. The van der Waals surface area contributed by atoms with Crippen LogP contribution in [0.25, 0.3) is 0 Å². The van der Waals surface area contributed by atoms with Crippen molar-refractivity contribution in [1.29, 1.82) is 0 Å². The van der Waals surface area contributed by atoms with E-state index in [0.29, 0.717) is 32.5 Å². The van der Waals surface area contributed by atoms with Crippen LogP contribution in [0.1, 0.15) is 39.5 Å². The highest BCUT2D eigenvalue weighted by Crippen LogP contribution is 2.26. The fraction of sp³-hybridized carbons (Fsp3) is 0.609. The van der Waals surface area contributed by atoms with Crippen LogP contribution in [0.15, 0.2) is 29.2 Å². The second-order valence-corrected chi connectivity index (χ2v) is 10.4. The number of hydrogen-bond donors (Lipinski definition) is 0. The third kappa shape index (κ3) is 5.93. The van der Waals surface area contributed by atoms with E-state index in [1.807, 2.05) is 0 Å². The fourth-order valence-electron chi connectivity index (χ4n) is 4.30. The van der Waals surface area contributed by atoms with Crippen molar-refractivity contribution < 1.29 is 36.7 Å². The molecule has 2 fully saturated rings. The number of carbonyl (C=O) groups is 3. The van der Waals surface area contributed by atoms with Gasteiger partial charge in [-0.25, -0.2) is 12.8 Å². The zero-order chi connectivity index (χ0) is 24.9. The average Bonchev–Trinajstić information content (AvgIpc) is 2.84. The molecule has 0 N–H and O–H groups in total. The lowest BCUT2D eigenvalue weighted by Crippen LogP contribution is -2.46. The minimum Gasteiger partial charge on any atom is -0.466 e. The molecule has 1 unspecified atom stereocenters. The molecule has 1 amide bonds. The Hall–Kier alpha value is -2.53. The van der Waals surface area contributed by atoms with Crippen LogP contribution >= 0.6 is 0 Å². The largest absolute Gasteiger partial charge is 0.466 e. The zero-order valence-electron chi connectivity index (χ0n) is 19.4. The van der Waals surface area contributed by atoms with Crippen LogP contribution in [0.5, 0.6) is 0 Å². The molecular weight excluding hydrogens is 467 g/mol. The SMILES string of the molecule is CCOC(=O)C1CCN(C(=O)C(C)OC(=O)C2CCN(S(=O)(=O)c3ccccc3F)CC2)CC1. The first-order chi connectivity index (χ1) is 16.1. The molecule has 188 valence electrons. The van der Waals surface area contributed by atoms with Crippen molar-refractivity contribution in [2.45, 2.75) is 50.5 Å². The number of likely N-dealkylation sites (tertiary alicyclic amines) is 1. The smallest absolute Gasteiger partial charge is 0.309 e. The molecule has 2 aliphatic rings. The summed E-state index contributed by atoms with van der Waals surface area (Å²) in [5, 5.41) is 0. The van der Waals surface area contributed by atoms with Gasteiger partial charge in [0.25, 0.3) is 5.91 Å². The third-order valence-electron chi connectivity index (χ3n) is 6.31. The van der Waals surface area contributed by atoms with Gasteiger partial charge in [0.2, 0.25) is 10.0 Å². The molecule has 0 aromatic heterocycles. The summed E-state index contributed by atoms with van der Waals surface area (Å²) in [6.45, 7) is 4.46. The van der Waals surface area contributed by atoms with E-state index in [1.165, 1.54) is 25.1 Å². The molecule has 9 nitrogen and oxygen atoms in total. The van der Waals surface area contributed by atoms with Gasteiger partial charge in [-0.3, -0.25) is 14.4 Å². The van der Waals surface area contributed by atoms with Crippen LogP contribution in [0.2, 0.25) is 0 Å². The van der Waals surface area contributed by atoms with E-state index in [0.717, 1.165) is 10.4 Å². The number of piperidine rings is 2. The predicted molar refractivity (Wildman–Crippen MR) is 119 cm³/mol. The molecule has 2 aliphatic heterocycles. The Morgan fingerprint density at radius 1 is 1.00 bits per heavy atom. The lowest BCUT2D eigenvalue weighted by molar-refractivity contribution is -0.164. The van der Waals surface area contributed by atoms with Crippen molar-refractivity contribution in [2.75, 3.05) is 32.8 Å². The summed E-state index contributed by atoms with van der Waals surface area (Å²) in [6.07, 6.45) is 0.462. The van der Waals surface area contributed by atoms with Gasteiger partial charge in [0.05, 0.1) is 18.4 Å². The Morgan fingerprint density at radius 2 is 1.56 bits per heavy atom. The monoisotopic (exact) mass is 498 g/mol. The number of benzene rings is 1. The molecule has 0 aliphatic carbocycles. The van der Waals surface area contributed by atoms with Gasteiger partial charge in [0, 0.05) is 26.2 Å². The van der Waals surface area contributed by atoms with Crippen molar-refractivity contribution in [3.8, 4) is 0 Å². The van der Waals surface area contributed by atoms with Crippen LogP contribution in [0.4, 0.5) is 4.39 Å². The normalized spacial score (nSPS) is 19.4. The van der Waals surface area contributed by atoms with E-state index in [-0.39, 0.29) is 48.6 Å². The number of hydrogen-bond acceptors (Lipinski definition) is 7. The summed E-state index contributed by atoms with van der Waals surface area (Å²) in [6, 6.07) is 5.18. The van der Waals surface area contributed by atoms with Gasteiger partial charge >= 0.3 is 11.9 Å². The Balaban J connectivity index is 1.48. The van der Waals surface area contributed by atoms with E-state index in [1.54, 1.807) is 11.8 Å². The molecule has 1 aromatic carbocycles. The Morgan fingerprint density at radius 3 is 2.15 bits per heavy atom. The van der Waals surface area contributed by atoms with Gasteiger partial charge in [-0.1, -0.05) is 12.1 Å². The molecule has 34 heavy (non-hydrogen) atoms. The number of esters is 2. The fourth-order valence-corrected chi connectivity index (χ4v) is 5.83. The molecule has 2 heterocycles. The molecule has 11 heteroatoms. The van der Waals surface area contributed by atoms with Gasteiger partial charge in [0.1, 0.15) is 10.7 Å². The quantitative estimate of drug-likeness (QED) is 0.529. The summed E-state index contributed by atoms with van der Waals surface area (Å²) < 4.78 is 51.0. The molecule has 1 atom stereocenters. The molecular formula is C23H31FN2O7S. The van der Waals surface area contributed by atoms with Gasteiger partial charge in [-0.05, 0) is 51.7 Å². The molecule has 3 rings (SSSR count). The van der Waals surface area contributed by atoms with E-state index < -0.39 is 33.8 Å². The van der Waals surface area contributed by atoms with Crippen LogP contribution in [-0.2, 0) is 33.9 Å². The maximum absolute atomic E-state index is 14.0. The van der Waals surface area contributed by atoms with E-state index in [9.17, 15) is 27.2 Å². The lowest BCUT2D eigenvalue weighted by atomic mass is 9.96. The summed E-state index contributed by atoms with van der Waals surface area (Å²) in [5.74, 6) is -2.72. The van der Waals surface area contributed by atoms with Crippen molar-refractivity contribution in [3.63, 3.8) is 0 Å². The zero-order valence-corrected chi connectivity index (χ0v) is 20.3. The molecule has 0 radical (unpaired) electrons. The Bertz CT molecular complexity index is 1000. The van der Waals surface area contributed by atoms with E-state index in [2.05, 4.69) is 0 Å². The Kier molecular flexibility index (Phi) is 8.64. The first kappa shape index (κ1) is 26.1. The van der Waals surface area contributed by atoms with E-state index >= 15 is 0 Å². The molecule has 2 saturated heterocycles. The summed E-state index contributed by atoms with van der Waals surface area (Å²) in [4.78, 5) is 38.4. The van der Waals surface area contributed by atoms with Gasteiger partial charge < -0.3 is 14.4 Å². The van der Waals surface area contributed by atoms with E-state index in [4.69, 9.17) is 9.47 Å². The van der Waals surface area contributed by atoms with Crippen LogP contribution in [0, 0.1) is 17.7 Å². The third-order valence-corrected chi connectivity index (χ3v) is 8.24. The Labute approximate surface area is 199 Å². The van der Waals surface area contributed by atoms with Crippen LogP contribution in [0.3, 0.4) is 0 Å². The molecule has 0 spiro atoms. The van der Waals surface area contributed by atoms with Crippen molar-refractivity contribution in [2.24, 2.45) is 11.8 Å². The topological polar surface area (TPSA) is 110 Å². The van der Waals surface area contributed by atoms with Gasteiger partial charge in [-0.2, -0.15) is 4.31 Å². The summed E-state index contributed by atoms with van der Waals surface area (Å²) in [7, 11) is -3.99. The second-order valence-electron chi connectivity index (χ2n) is 8.54. The van der Waals surface area contributed by atoms with Crippen molar-refractivity contribution in [3.05, 3.63) is 30.1 Å². The summed E-state index contributed by atoms with van der Waals surface area (Å²) >= 11 is 0. The van der Waals surface area contributed by atoms with Crippen molar-refractivity contribution in [1.82, 2.24) is 9.21 Å². The number of amides is 1. The number of carbonyl (C=O) groups excluding carboxylic acids is 3. The second kappa shape index (κ2) is 11.3. The number of halogens is 1. The summed E-state index contributed by atoms with van der Waals surface area (Å²) in [5.41, 5.74) is 0. The minimum atomic E-state index is -3.99. The van der Waals surface area contributed by atoms with Gasteiger partial charge in [0.15, 0.2) is 6.10 Å². The number of rotatable bonds is 7. The number of ether oxygens (including phenoxy) is 2. The highest BCUT2D eigenvalue weighted by Gasteiger charge is 2.36. The maximum atomic E-state index is 14.0. The first-order valence-corrected chi connectivity index (χ1v) is 13.0. The highest BCUT2D eigenvalue weighted by molar-refractivity contribution is 7.89. The van der Waals surface area contributed by atoms with Gasteiger partial charge in [-0.15, -0.1) is 0 Å². The van der Waals surface area contributed by atoms with Crippen LogP contribution in [-0.4, -0.2) is 74.4 Å². The predicted octanol–water partition coefficient (Wildman–Crippen LogP) is 1.96.